The first-order valence-corrected chi connectivity index (χ1v) is 16.5. The highest BCUT2D eigenvalue weighted by molar-refractivity contribution is 5.27. The lowest BCUT2D eigenvalue weighted by molar-refractivity contribution is -0.299. The maximum absolute atomic E-state index is 11.5. The third-order valence-corrected chi connectivity index (χ3v) is 13.1. The van der Waals surface area contributed by atoms with Crippen molar-refractivity contribution in [3.8, 4) is 0 Å². The predicted octanol–water partition coefficient (Wildman–Crippen LogP) is 2.44. The first-order chi connectivity index (χ1) is 20.2. The molecule has 7 N–H and O–H groups in total. The molecule has 5 rings (SSSR count). The fourth-order valence-electron chi connectivity index (χ4n) is 10.1. The summed E-state index contributed by atoms with van der Waals surface area (Å²) in [5.41, 5.74) is 3.05. The van der Waals surface area contributed by atoms with Crippen molar-refractivity contribution in [3.05, 3.63) is 22.8 Å². The number of ether oxygens (including phenoxy) is 2. The van der Waals surface area contributed by atoms with E-state index in [1.54, 1.807) is 0 Å². The van der Waals surface area contributed by atoms with E-state index in [1.807, 2.05) is 13.8 Å². The van der Waals surface area contributed by atoms with Crippen LogP contribution in [-0.2, 0) is 9.47 Å². The molecule has 0 spiro atoms. The molecular weight excluding hydrogens is 552 g/mol. The Balaban J connectivity index is 1.21. The molecule has 0 bridgehead atoms. The Bertz CT molecular complexity index is 1060. The predicted molar refractivity (Wildman–Crippen MR) is 160 cm³/mol. The minimum Gasteiger partial charge on any atom is -0.394 e. The molecule has 0 aromatic heterocycles. The summed E-state index contributed by atoms with van der Waals surface area (Å²) in [6.45, 7) is 10.4. The van der Waals surface area contributed by atoms with Gasteiger partial charge in [-0.3, -0.25) is 0 Å². The molecule has 5 aliphatic rings. The van der Waals surface area contributed by atoms with Crippen LogP contribution in [0.1, 0.15) is 86.0 Å². The lowest BCUT2D eigenvalue weighted by Gasteiger charge is -2.59. The Labute approximate surface area is 256 Å². The zero-order chi connectivity index (χ0) is 31.4. The molecule has 9 heteroatoms. The van der Waals surface area contributed by atoms with Gasteiger partial charge in [0.05, 0.1) is 31.5 Å². The minimum atomic E-state index is -1.48. The number of fused-ring (bicyclic) bond motifs is 5. The summed E-state index contributed by atoms with van der Waals surface area (Å²) in [4.78, 5) is 0. The second kappa shape index (κ2) is 12.7. The monoisotopic (exact) mass is 608 g/mol. The Kier molecular flexibility index (Phi) is 9.91. The van der Waals surface area contributed by atoms with E-state index < -0.39 is 55.6 Å². The number of hydrogen-bond acceptors (Lipinski definition) is 9. The number of aliphatic hydroxyl groups is 7. The molecule has 1 aliphatic heterocycles. The van der Waals surface area contributed by atoms with Crippen LogP contribution in [0.15, 0.2) is 22.8 Å². The van der Waals surface area contributed by atoms with Crippen LogP contribution in [0, 0.1) is 40.4 Å². The standard InChI is InChI=1S/C34H56O9/c1-17(18(2)16-42-32-31(41)30(40)29(39)27(15-35)43-32)12-26(37)19(3)23-8-9-24-22-7-6-20-13-21(36)14-28(38)34(20,5)25(22)10-11-33(23,24)4/h6,19,21-32,35-41H,7-16H2,1-5H3/b18-17-/t19-,21+,22-,23+,24+,25+,26+,27+,28-,29+,30-,31+,32+,33+,34-/m0/s1. The summed E-state index contributed by atoms with van der Waals surface area (Å²) < 4.78 is 11.2. The molecule has 3 saturated carbocycles. The van der Waals surface area contributed by atoms with Crippen LogP contribution in [0.2, 0.25) is 0 Å². The van der Waals surface area contributed by atoms with Gasteiger partial charge < -0.3 is 45.2 Å². The molecule has 0 unspecified atom stereocenters. The largest absolute Gasteiger partial charge is 0.394 e. The van der Waals surface area contributed by atoms with Crippen molar-refractivity contribution in [2.75, 3.05) is 13.2 Å². The lowest BCUT2D eigenvalue weighted by atomic mass is 9.46. The molecule has 4 aliphatic carbocycles. The van der Waals surface area contributed by atoms with Gasteiger partial charge >= 0.3 is 0 Å². The highest BCUT2D eigenvalue weighted by Gasteiger charge is 2.61. The van der Waals surface area contributed by atoms with Crippen molar-refractivity contribution in [2.24, 2.45) is 40.4 Å². The molecular formula is C34H56O9. The van der Waals surface area contributed by atoms with Crippen molar-refractivity contribution in [3.63, 3.8) is 0 Å². The minimum absolute atomic E-state index is 0.112. The quantitative estimate of drug-likeness (QED) is 0.205. The van der Waals surface area contributed by atoms with Crippen molar-refractivity contribution < 1.29 is 45.2 Å². The normalized spacial score (nSPS) is 48.4. The van der Waals surface area contributed by atoms with E-state index in [4.69, 9.17) is 9.47 Å². The second-order valence-corrected chi connectivity index (χ2v) is 15.2. The molecule has 4 fully saturated rings. The number of allylic oxidation sites excluding steroid dienone is 1. The Morgan fingerprint density at radius 1 is 1.00 bits per heavy atom. The molecule has 1 heterocycles. The van der Waals surface area contributed by atoms with Crippen LogP contribution in [-0.4, -0.2) is 98.0 Å². The Morgan fingerprint density at radius 3 is 2.42 bits per heavy atom. The topological polar surface area (TPSA) is 160 Å². The van der Waals surface area contributed by atoms with Crippen molar-refractivity contribution in [1.29, 1.82) is 0 Å². The van der Waals surface area contributed by atoms with Gasteiger partial charge in [-0.15, -0.1) is 0 Å². The zero-order valence-electron chi connectivity index (χ0n) is 26.6. The van der Waals surface area contributed by atoms with Crippen LogP contribution in [0.3, 0.4) is 0 Å². The van der Waals surface area contributed by atoms with Crippen LogP contribution in [0.25, 0.3) is 0 Å². The van der Waals surface area contributed by atoms with Crippen LogP contribution < -0.4 is 0 Å². The van der Waals surface area contributed by atoms with Gasteiger partial charge in [-0.1, -0.05) is 38.0 Å². The first-order valence-electron chi connectivity index (χ1n) is 16.5. The van der Waals surface area contributed by atoms with E-state index >= 15 is 0 Å². The molecule has 43 heavy (non-hydrogen) atoms. The van der Waals surface area contributed by atoms with Crippen molar-refractivity contribution in [1.82, 2.24) is 0 Å². The van der Waals surface area contributed by atoms with Gasteiger partial charge in [-0.05, 0) is 99.4 Å². The van der Waals surface area contributed by atoms with Crippen molar-refractivity contribution >= 4 is 0 Å². The fraction of sp³-hybridized carbons (Fsp3) is 0.882. The maximum Gasteiger partial charge on any atom is 0.187 e. The van der Waals surface area contributed by atoms with Crippen LogP contribution >= 0.6 is 0 Å². The van der Waals surface area contributed by atoms with Crippen LogP contribution in [0.5, 0.6) is 0 Å². The number of hydrogen-bond donors (Lipinski definition) is 7. The summed E-state index contributed by atoms with van der Waals surface area (Å²) in [5, 5.41) is 72.7. The van der Waals surface area contributed by atoms with Gasteiger partial charge in [0, 0.05) is 11.8 Å². The molecule has 246 valence electrons. The Hall–Kier alpha value is -0.880. The van der Waals surface area contributed by atoms with E-state index in [0.29, 0.717) is 42.9 Å². The summed E-state index contributed by atoms with van der Waals surface area (Å²) in [6, 6.07) is 0. The van der Waals surface area contributed by atoms with Crippen molar-refractivity contribution in [2.45, 2.75) is 135 Å². The molecule has 15 atom stereocenters. The molecule has 0 radical (unpaired) electrons. The van der Waals surface area contributed by atoms with E-state index in [1.165, 1.54) is 5.57 Å². The smallest absolute Gasteiger partial charge is 0.187 e. The third kappa shape index (κ3) is 5.80. The molecule has 9 nitrogen and oxygen atoms in total. The number of rotatable bonds is 8. The second-order valence-electron chi connectivity index (χ2n) is 15.2. The van der Waals surface area contributed by atoms with Gasteiger partial charge in [0.15, 0.2) is 6.29 Å². The number of aliphatic hydroxyl groups excluding tert-OH is 7. The fourth-order valence-corrected chi connectivity index (χ4v) is 10.1. The maximum atomic E-state index is 11.5. The molecule has 1 saturated heterocycles. The first kappa shape index (κ1) is 33.5. The zero-order valence-corrected chi connectivity index (χ0v) is 26.6. The van der Waals surface area contributed by atoms with Gasteiger partial charge in [0.2, 0.25) is 0 Å². The average molecular weight is 609 g/mol. The van der Waals surface area contributed by atoms with Gasteiger partial charge in [-0.25, -0.2) is 0 Å². The van der Waals surface area contributed by atoms with E-state index in [-0.39, 0.29) is 23.4 Å². The average Bonchev–Trinajstić information content (AvgIpc) is 3.32. The third-order valence-electron chi connectivity index (χ3n) is 13.1. The summed E-state index contributed by atoms with van der Waals surface area (Å²) in [7, 11) is 0. The van der Waals surface area contributed by atoms with Gasteiger partial charge in [0.1, 0.15) is 24.4 Å². The highest BCUT2D eigenvalue weighted by atomic mass is 16.7. The van der Waals surface area contributed by atoms with Crippen LogP contribution in [0.4, 0.5) is 0 Å². The highest BCUT2D eigenvalue weighted by Crippen LogP contribution is 2.67. The van der Waals surface area contributed by atoms with Gasteiger partial charge in [-0.2, -0.15) is 0 Å². The summed E-state index contributed by atoms with van der Waals surface area (Å²) in [5.74, 6) is 2.04. The Morgan fingerprint density at radius 2 is 1.72 bits per heavy atom. The van der Waals surface area contributed by atoms with E-state index in [0.717, 1.165) is 43.3 Å². The molecule has 0 aromatic carbocycles. The summed E-state index contributed by atoms with van der Waals surface area (Å²) in [6.07, 6.45) is 1.43. The SMILES string of the molecule is C/C(CO[C@@H]1O[C@H](CO)[C@@H](O)[C@H](O)[C@H]1O)=C(\C)C[C@@H](O)[C@@H](C)[C@H]1CC[C@@H]2[C@@H]3CC=C4C[C@@H](O)C[C@H](O)[C@]4(C)[C@@H]3CC[C@]12C. The summed E-state index contributed by atoms with van der Waals surface area (Å²) >= 11 is 0. The molecule has 0 aromatic rings. The molecule has 0 amide bonds. The van der Waals surface area contributed by atoms with Gasteiger partial charge in [0.25, 0.3) is 0 Å². The van der Waals surface area contributed by atoms with E-state index in [2.05, 4.69) is 26.8 Å². The van der Waals surface area contributed by atoms with E-state index in [9.17, 15) is 35.7 Å². The lowest BCUT2D eigenvalue weighted by Crippen LogP contribution is -2.59.